The van der Waals surface area contributed by atoms with E-state index in [4.69, 9.17) is 13.9 Å². The monoisotopic (exact) mass is 288 g/mol. The van der Waals surface area contributed by atoms with Gasteiger partial charge in [-0.05, 0) is 51.2 Å². The molecule has 4 heteroatoms. The van der Waals surface area contributed by atoms with Gasteiger partial charge in [0.05, 0.1) is 13.2 Å². The molecule has 0 fully saturated rings. The molecule has 1 aromatic carbocycles. The number of methoxy groups -OCH3 is 1. The van der Waals surface area contributed by atoms with E-state index in [-0.39, 0.29) is 11.7 Å². The van der Waals surface area contributed by atoms with Gasteiger partial charge in [0.25, 0.3) is 0 Å². The van der Waals surface area contributed by atoms with E-state index >= 15 is 0 Å². The van der Waals surface area contributed by atoms with Gasteiger partial charge >= 0.3 is 5.63 Å². The third kappa shape index (κ3) is 2.50. The molecule has 0 atom stereocenters. The number of fused-ring (bicyclic) bond motifs is 3. The van der Waals surface area contributed by atoms with Crippen LogP contribution in [0.3, 0.4) is 0 Å². The summed E-state index contributed by atoms with van der Waals surface area (Å²) in [7, 11) is 1.59. The number of ether oxygens (including phenoxy) is 2. The Balaban J connectivity index is 2.26. The lowest BCUT2D eigenvalue weighted by Gasteiger charge is -2.18. The Labute approximate surface area is 123 Å². The summed E-state index contributed by atoms with van der Waals surface area (Å²) in [5, 5.41) is 0.973. The van der Waals surface area contributed by atoms with Crippen LogP contribution in [-0.2, 0) is 12.8 Å². The summed E-state index contributed by atoms with van der Waals surface area (Å²) in [6.07, 6.45) is 3.94. The number of hydrogen-bond acceptors (Lipinski definition) is 4. The van der Waals surface area contributed by atoms with Gasteiger partial charge in [-0.2, -0.15) is 0 Å². The Kier molecular flexibility index (Phi) is 3.62. The molecule has 0 saturated carbocycles. The summed E-state index contributed by atoms with van der Waals surface area (Å²) in [5.41, 5.74) is 2.31. The predicted molar refractivity (Wildman–Crippen MR) is 81.4 cm³/mol. The summed E-state index contributed by atoms with van der Waals surface area (Å²) < 4.78 is 16.6. The first-order valence-electron chi connectivity index (χ1n) is 7.43. The van der Waals surface area contributed by atoms with E-state index in [9.17, 15) is 4.79 Å². The van der Waals surface area contributed by atoms with Gasteiger partial charge in [-0.15, -0.1) is 0 Å². The fourth-order valence-corrected chi connectivity index (χ4v) is 2.96. The van der Waals surface area contributed by atoms with Gasteiger partial charge in [-0.3, -0.25) is 0 Å². The average molecular weight is 288 g/mol. The van der Waals surface area contributed by atoms with Crippen molar-refractivity contribution in [2.24, 2.45) is 0 Å². The Hall–Kier alpha value is -1.97. The predicted octanol–water partition coefficient (Wildman–Crippen LogP) is 3.47. The number of benzene rings is 1. The van der Waals surface area contributed by atoms with Crippen molar-refractivity contribution >= 4 is 11.0 Å². The van der Waals surface area contributed by atoms with Gasteiger partial charge in [-0.25, -0.2) is 4.79 Å². The zero-order valence-electron chi connectivity index (χ0n) is 12.7. The molecule has 0 spiro atoms. The van der Waals surface area contributed by atoms with Gasteiger partial charge in [0.1, 0.15) is 5.58 Å². The molecule has 1 aliphatic rings. The lowest BCUT2D eigenvalue weighted by Crippen LogP contribution is -2.16. The first-order chi connectivity index (χ1) is 10.1. The van der Waals surface area contributed by atoms with Gasteiger partial charge in [0, 0.05) is 17.0 Å². The highest BCUT2D eigenvalue weighted by molar-refractivity contribution is 5.85. The standard InChI is InChI=1S/C17H20O4/c1-10(2)20-16-8-13-11-6-4-5-7-12(11)17(18)21-14(13)9-15(16)19-3/h8-10H,4-7H2,1-3H3. The van der Waals surface area contributed by atoms with Crippen LogP contribution in [-0.4, -0.2) is 13.2 Å². The van der Waals surface area contributed by atoms with Crippen molar-refractivity contribution in [2.75, 3.05) is 7.11 Å². The van der Waals surface area contributed by atoms with Crippen molar-refractivity contribution in [1.29, 1.82) is 0 Å². The van der Waals surface area contributed by atoms with Crippen LogP contribution in [0.4, 0.5) is 0 Å². The second-order valence-corrected chi connectivity index (χ2v) is 5.72. The molecular weight excluding hydrogens is 268 g/mol. The number of aryl methyl sites for hydroxylation is 1. The molecule has 0 amide bonds. The second-order valence-electron chi connectivity index (χ2n) is 5.72. The molecule has 1 aliphatic carbocycles. The van der Waals surface area contributed by atoms with Crippen LogP contribution in [0.1, 0.15) is 37.8 Å². The van der Waals surface area contributed by atoms with Crippen molar-refractivity contribution < 1.29 is 13.9 Å². The molecule has 1 heterocycles. The molecular formula is C17H20O4. The van der Waals surface area contributed by atoms with Crippen LogP contribution >= 0.6 is 0 Å². The van der Waals surface area contributed by atoms with Gasteiger partial charge in [-0.1, -0.05) is 0 Å². The molecule has 0 bridgehead atoms. The second kappa shape index (κ2) is 5.43. The fourth-order valence-electron chi connectivity index (χ4n) is 2.96. The maximum Gasteiger partial charge on any atom is 0.339 e. The van der Waals surface area contributed by atoms with E-state index in [0.717, 1.165) is 42.2 Å². The molecule has 0 saturated heterocycles. The minimum absolute atomic E-state index is 0.0582. The Morgan fingerprint density at radius 3 is 2.48 bits per heavy atom. The summed E-state index contributed by atoms with van der Waals surface area (Å²) in [5.74, 6) is 1.29. The normalized spacial score (nSPS) is 14.3. The highest BCUT2D eigenvalue weighted by Crippen LogP contribution is 2.36. The third-order valence-electron chi connectivity index (χ3n) is 3.87. The van der Waals surface area contributed by atoms with Crippen molar-refractivity contribution in [3.05, 3.63) is 33.7 Å². The zero-order valence-corrected chi connectivity index (χ0v) is 12.7. The van der Waals surface area contributed by atoms with E-state index in [1.165, 1.54) is 0 Å². The van der Waals surface area contributed by atoms with Crippen LogP contribution in [0.25, 0.3) is 11.0 Å². The summed E-state index contributed by atoms with van der Waals surface area (Å²) in [6, 6.07) is 3.70. The summed E-state index contributed by atoms with van der Waals surface area (Å²) >= 11 is 0. The highest BCUT2D eigenvalue weighted by Gasteiger charge is 2.20. The van der Waals surface area contributed by atoms with Gasteiger partial charge in [0.2, 0.25) is 0 Å². The van der Waals surface area contributed by atoms with E-state index in [2.05, 4.69) is 0 Å². The summed E-state index contributed by atoms with van der Waals surface area (Å²) in [4.78, 5) is 12.1. The van der Waals surface area contributed by atoms with Gasteiger partial charge in [0.15, 0.2) is 11.5 Å². The van der Waals surface area contributed by atoms with Crippen molar-refractivity contribution in [2.45, 2.75) is 45.6 Å². The smallest absolute Gasteiger partial charge is 0.339 e. The SMILES string of the molecule is COc1cc2oc(=O)c3c(c2cc1OC(C)C)CCCC3. The van der Waals surface area contributed by atoms with Crippen molar-refractivity contribution in [3.8, 4) is 11.5 Å². The van der Waals surface area contributed by atoms with E-state index in [1.54, 1.807) is 13.2 Å². The molecule has 0 N–H and O–H groups in total. The topological polar surface area (TPSA) is 48.7 Å². The van der Waals surface area contributed by atoms with Crippen LogP contribution in [0.2, 0.25) is 0 Å². The largest absolute Gasteiger partial charge is 0.493 e. The van der Waals surface area contributed by atoms with E-state index in [0.29, 0.717) is 17.1 Å². The molecule has 0 aliphatic heterocycles. The number of hydrogen-bond donors (Lipinski definition) is 0. The molecule has 0 unspecified atom stereocenters. The first-order valence-corrected chi connectivity index (χ1v) is 7.43. The molecule has 112 valence electrons. The van der Waals surface area contributed by atoms with E-state index < -0.39 is 0 Å². The van der Waals surface area contributed by atoms with Crippen molar-refractivity contribution in [3.63, 3.8) is 0 Å². The zero-order chi connectivity index (χ0) is 15.0. The lowest BCUT2D eigenvalue weighted by molar-refractivity contribution is 0.230. The average Bonchev–Trinajstić information content (AvgIpc) is 2.47. The minimum atomic E-state index is -0.211. The Morgan fingerprint density at radius 1 is 1.10 bits per heavy atom. The Morgan fingerprint density at radius 2 is 1.81 bits per heavy atom. The maximum absolute atomic E-state index is 12.1. The molecule has 2 aromatic rings. The van der Waals surface area contributed by atoms with Crippen LogP contribution in [0, 0.1) is 0 Å². The molecule has 0 radical (unpaired) electrons. The van der Waals surface area contributed by atoms with Crippen LogP contribution < -0.4 is 15.1 Å². The van der Waals surface area contributed by atoms with Crippen LogP contribution in [0.5, 0.6) is 11.5 Å². The lowest BCUT2D eigenvalue weighted by atomic mass is 9.90. The highest BCUT2D eigenvalue weighted by atomic mass is 16.5. The summed E-state index contributed by atoms with van der Waals surface area (Å²) in [6.45, 7) is 3.95. The quantitative estimate of drug-likeness (QED) is 0.811. The molecule has 4 nitrogen and oxygen atoms in total. The third-order valence-corrected chi connectivity index (χ3v) is 3.87. The Bertz CT molecular complexity index is 728. The maximum atomic E-state index is 12.1. The fraction of sp³-hybridized carbons (Fsp3) is 0.471. The molecule has 1 aromatic heterocycles. The molecule has 21 heavy (non-hydrogen) atoms. The molecule has 3 rings (SSSR count). The van der Waals surface area contributed by atoms with Gasteiger partial charge < -0.3 is 13.9 Å². The van der Waals surface area contributed by atoms with Crippen LogP contribution in [0.15, 0.2) is 21.3 Å². The van der Waals surface area contributed by atoms with E-state index in [1.807, 2.05) is 19.9 Å². The number of rotatable bonds is 3. The minimum Gasteiger partial charge on any atom is -0.493 e. The van der Waals surface area contributed by atoms with Crippen molar-refractivity contribution in [1.82, 2.24) is 0 Å². The first kappa shape index (κ1) is 14.0.